The van der Waals surface area contributed by atoms with E-state index in [0.29, 0.717) is 0 Å². The maximum absolute atomic E-state index is 5.79. The average molecular weight is 282 g/mol. The fraction of sp³-hybridized carbons (Fsp3) is 0.353. The molecular formula is C17H22N4. The monoisotopic (exact) mass is 282 g/mol. The Morgan fingerprint density at radius 1 is 1.00 bits per heavy atom. The fourth-order valence-electron chi connectivity index (χ4n) is 2.70. The summed E-state index contributed by atoms with van der Waals surface area (Å²) in [5.41, 5.74) is 4.95. The van der Waals surface area contributed by atoms with Gasteiger partial charge in [0.2, 0.25) is 0 Å². The van der Waals surface area contributed by atoms with Gasteiger partial charge >= 0.3 is 0 Å². The zero-order valence-electron chi connectivity index (χ0n) is 12.5. The second kappa shape index (κ2) is 6.35. The third-order valence-corrected chi connectivity index (χ3v) is 3.98. The smallest absolute Gasteiger partial charge is 0.0346 e. The molecule has 21 heavy (non-hydrogen) atoms. The number of pyridine rings is 1. The van der Waals surface area contributed by atoms with Crippen LogP contribution in [0, 0.1) is 6.92 Å². The van der Waals surface area contributed by atoms with E-state index in [0.717, 1.165) is 32.7 Å². The van der Waals surface area contributed by atoms with Gasteiger partial charge in [-0.1, -0.05) is 24.3 Å². The summed E-state index contributed by atoms with van der Waals surface area (Å²) in [5, 5.41) is 1.89. The molecule has 2 heterocycles. The van der Waals surface area contributed by atoms with E-state index in [1.54, 1.807) is 0 Å². The summed E-state index contributed by atoms with van der Waals surface area (Å²) in [6.45, 7) is 7.06. The first-order valence-corrected chi connectivity index (χ1v) is 7.44. The number of hydrogen-bond acceptors (Lipinski definition) is 4. The van der Waals surface area contributed by atoms with Gasteiger partial charge < -0.3 is 0 Å². The van der Waals surface area contributed by atoms with E-state index < -0.39 is 0 Å². The topological polar surface area (TPSA) is 45.4 Å². The third kappa shape index (κ3) is 3.67. The maximum atomic E-state index is 5.79. The van der Waals surface area contributed by atoms with E-state index in [1.165, 1.54) is 22.3 Å². The molecule has 1 aliphatic rings. The van der Waals surface area contributed by atoms with Crippen molar-refractivity contribution in [2.45, 2.75) is 13.5 Å². The number of rotatable bonds is 3. The molecule has 2 aromatic rings. The van der Waals surface area contributed by atoms with Crippen molar-refractivity contribution >= 4 is 0 Å². The Morgan fingerprint density at radius 2 is 1.71 bits per heavy atom. The lowest BCUT2D eigenvalue weighted by Crippen LogP contribution is -2.48. The second-order valence-corrected chi connectivity index (χ2v) is 5.76. The van der Waals surface area contributed by atoms with Crippen molar-refractivity contribution < 1.29 is 0 Å². The molecular weight excluding hydrogens is 260 g/mol. The van der Waals surface area contributed by atoms with Gasteiger partial charge in [-0.15, -0.1) is 0 Å². The predicted octanol–water partition coefficient (Wildman–Crippen LogP) is 2.05. The highest BCUT2D eigenvalue weighted by Crippen LogP contribution is 2.20. The van der Waals surface area contributed by atoms with Crippen molar-refractivity contribution in [3.05, 3.63) is 53.9 Å². The van der Waals surface area contributed by atoms with Crippen LogP contribution in [0.5, 0.6) is 0 Å². The van der Waals surface area contributed by atoms with Crippen LogP contribution in [0.2, 0.25) is 0 Å². The van der Waals surface area contributed by atoms with Gasteiger partial charge in [0, 0.05) is 50.7 Å². The number of hydrazine groups is 1. The van der Waals surface area contributed by atoms with E-state index in [9.17, 15) is 0 Å². The fourth-order valence-corrected chi connectivity index (χ4v) is 2.70. The molecule has 1 aromatic heterocycles. The van der Waals surface area contributed by atoms with Gasteiger partial charge in [-0.3, -0.25) is 15.7 Å². The maximum Gasteiger partial charge on any atom is 0.0346 e. The number of nitrogens with zero attached hydrogens (tertiary/aromatic N) is 3. The van der Waals surface area contributed by atoms with Crippen molar-refractivity contribution in [1.82, 2.24) is 14.9 Å². The van der Waals surface area contributed by atoms with Crippen molar-refractivity contribution in [3.8, 4) is 11.1 Å². The number of piperazine rings is 1. The van der Waals surface area contributed by atoms with Crippen molar-refractivity contribution in [1.29, 1.82) is 0 Å². The molecule has 2 N–H and O–H groups in total. The molecule has 1 saturated heterocycles. The highest BCUT2D eigenvalue weighted by atomic mass is 15.4. The van der Waals surface area contributed by atoms with Crippen LogP contribution in [0.4, 0.5) is 0 Å². The molecule has 0 radical (unpaired) electrons. The molecule has 3 rings (SSSR count). The lowest BCUT2D eigenvalue weighted by molar-refractivity contribution is 0.128. The summed E-state index contributed by atoms with van der Waals surface area (Å²) < 4.78 is 0. The largest absolute Gasteiger partial charge is 0.296 e. The molecule has 1 fully saturated rings. The van der Waals surface area contributed by atoms with E-state index in [2.05, 4.69) is 47.1 Å². The van der Waals surface area contributed by atoms with Crippen molar-refractivity contribution in [2.75, 3.05) is 26.2 Å². The molecule has 4 nitrogen and oxygen atoms in total. The van der Waals surface area contributed by atoms with E-state index in [1.807, 2.05) is 17.4 Å². The van der Waals surface area contributed by atoms with Crippen LogP contribution >= 0.6 is 0 Å². The van der Waals surface area contributed by atoms with Gasteiger partial charge in [0.05, 0.1) is 0 Å². The highest BCUT2D eigenvalue weighted by Gasteiger charge is 2.14. The molecule has 0 atom stereocenters. The molecule has 1 aliphatic heterocycles. The number of benzene rings is 1. The number of nitrogens with two attached hydrogens (primary N) is 1. The Hall–Kier alpha value is -1.75. The molecule has 0 amide bonds. The molecule has 4 heteroatoms. The van der Waals surface area contributed by atoms with E-state index in [4.69, 9.17) is 5.84 Å². The van der Waals surface area contributed by atoms with Gasteiger partial charge in [0.15, 0.2) is 0 Å². The van der Waals surface area contributed by atoms with Crippen molar-refractivity contribution in [3.63, 3.8) is 0 Å². The van der Waals surface area contributed by atoms with Crippen LogP contribution in [-0.2, 0) is 6.54 Å². The minimum absolute atomic E-state index is 0.951. The minimum atomic E-state index is 0.951. The summed E-state index contributed by atoms with van der Waals surface area (Å²) in [7, 11) is 0. The molecule has 0 spiro atoms. The van der Waals surface area contributed by atoms with Gasteiger partial charge in [0.1, 0.15) is 0 Å². The zero-order chi connectivity index (χ0) is 14.7. The third-order valence-electron chi connectivity index (χ3n) is 3.98. The summed E-state index contributed by atoms with van der Waals surface area (Å²) in [5.74, 6) is 5.79. The predicted molar refractivity (Wildman–Crippen MR) is 85.4 cm³/mol. The average Bonchev–Trinajstić information content (AvgIpc) is 2.50. The van der Waals surface area contributed by atoms with E-state index >= 15 is 0 Å². The molecule has 0 saturated carbocycles. The number of aryl methyl sites for hydroxylation is 1. The Balaban J connectivity index is 1.67. The van der Waals surface area contributed by atoms with Crippen LogP contribution in [-0.4, -0.2) is 41.1 Å². The van der Waals surface area contributed by atoms with Crippen LogP contribution in [0.25, 0.3) is 11.1 Å². The van der Waals surface area contributed by atoms with Gasteiger partial charge in [-0.2, -0.15) is 0 Å². The first-order chi connectivity index (χ1) is 10.2. The zero-order valence-corrected chi connectivity index (χ0v) is 12.5. The summed E-state index contributed by atoms with van der Waals surface area (Å²) in [4.78, 5) is 6.71. The first-order valence-electron chi connectivity index (χ1n) is 7.44. The summed E-state index contributed by atoms with van der Waals surface area (Å²) >= 11 is 0. The van der Waals surface area contributed by atoms with Crippen LogP contribution in [0.3, 0.4) is 0 Å². The minimum Gasteiger partial charge on any atom is -0.296 e. The summed E-state index contributed by atoms with van der Waals surface area (Å²) in [6, 6.07) is 11.0. The first kappa shape index (κ1) is 14.2. The quantitative estimate of drug-likeness (QED) is 0.875. The normalized spacial score (nSPS) is 17.0. The molecule has 0 unspecified atom stereocenters. The number of aromatic nitrogens is 1. The Morgan fingerprint density at radius 3 is 2.38 bits per heavy atom. The molecule has 0 bridgehead atoms. The van der Waals surface area contributed by atoms with Crippen LogP contribution < -0.4 is 5.84 Å². The lowest BCUT2D eigenvalue weighted by atomic mass is 10.0. The SMILES string of the molecule is Cc1cncc(-c2ccc(CN3CCN(N)CC3)cc2)c1. The summed E-state index contributed by atoms with van der Waals surface area (Å²) in [6.07, 6.45) is 3.80. The Kier molecular flexibility index (Phi) is 4.29. The Labute approximate surface area is 126 Å². The highest BCUT2D eigenvalue weighted by molar-refractivity contribution is 5.63. The van der Waals surface area contributed by atoms with Gasteiger partial charge in [-0.05, 0) is 29.7 Å². The van der Waals surface area contributed by atoms with Gasteiger partial charge in [0.25, 0.3) is 0 Å². The molecule has 0 aliphatic carbocycles. The standard InChI is InChI=1S/C17H22N4/c1-14-10-17(12-19-11-14)16-4-2-15(3-5-16)13-20-6-8-21(18)9-7-20/h2-5,10-12H,6-9,13,18H2,1H3. The second-order valence-electron chi connectivity index (χ2n) is 5.76. The Bertz CT molecular complexity index is 586. The lowest BCUT2D eigenvalue weighted by Gasteiger charge is -2.31. The number of hydrogen-bond donors (Lipinski definition) is 1. The van der Waals surface area contributed by atoms with Crippen molar-refractivity contribution in [2.24, 2.45) is 5.84 Å². The van der Waals surface area contributed by atoms with Gasteiger partial charge in [-0.25, -0.2) is 5.01 Å². The van der Waals surface area contributed by atoms with E-state index in [-0.39, 0.29) is 0 Å². The molecule has 1 aromatic carbocycles. The van der Waals surface area contributed by atoms with Crippen LogP contribution in [0.1, 0.15) is 11.1 Å². The molecule has 110 valence electrons. The van der Waals surface area contributed by atoms with Crippen LogP contribution in [0.15, 0.2) is 42.7 Å².